The highest BCUT2D eigenvalue weighted by Gasteiger charge is 2.08. The quantitative estimate of drug-likeness (QED) is 0.420. The lowest BCUT2D eigenvalue weighted by Crippen LogP contribution is -2.10. The molecule has 0 aromatic heterocycles. The highest BCUT2D eigenvalue weighted by Crippen LogP contribution is 1.92. The van der Waals surface area contributed by atoms with Crippen molar-refractivity contribution in [2.45, 2.75) is 6.10 Å². The van der Waals surface area contributed by atoms with Gasteiger partial charge in [-0.2, -0.15) is 0 Å². The summed E-state index contributed by atoms with van der Waals surface area (Å²) in [6, 6.07) is 0. The van der Waals surface area contributed by atoms with E-state index in [4.69, 9.17) is 0 Å². The molecule has 38 valence electrons. The standard InChI is InChI=1S/C4H5NO2/c6-2-4-1-5-3-7-4/h2-4H,1H2. The van der Waals surface area contributed by atoms with Gasteiger partial charge >= 0.3 is 0 Å². The Morgan fingerprint density at radius 2 is 2.86 bits per heavy atom. The number of carbonyl (C=O) groups excluding carboxylic acids is 1. The van der Waals surface area contributed by atoms with E-state index in [1.807, 2.05) is 0 Å². The molecule has 7 heavy (non-hydrogen) atoms. The lowest BCUT2D eigenvalue weighted by molar-refractivity contribution is -0.113. The molecule has 1 atom stereocenters. The van der Waals surface area contributed by atoms with E-state index in [1.165, 1.54) is 6.40 Å². The molecule has 0 amide bonds. The number of hydrogen-bond acceptors (Lipinski definition) is 3. The SMILES string of the molecule is O=CC1CN=CO1. The molecule has 0 aromatic rings. The average molecular weight is 99.1 g/mol. The summed E-state index contributed by atoms with van der Waals surface area (Å²) in [6.45, 7) is 0.490. The minimum atomic E-state index is -0.306. The van der Waals surface area contributed by atoms with Crippen LogP contribution in [-0.4, -0.2) is 25.3 Å². The van der Waals surface area contributed by atoms with Gasteiger partial charge in [-0.15, -0.1) is 0 Å². The van der Waals surface area contributed by atoms with Crippen molar-refractivity contribution < 1.29 is 9.53 Å². The van der Waals surface area contributed by atoms with Crippen molar-refractivity contribution in [1.29, 1.82) is 0 Å². The third kappa shape index (κ3) is 0.765. The maximum atomic E-state index is 9.80. The van der Waals surface area contributed by atoms with Gasteiger partial charge in [-0.3, -0.25) is 9.79 Å². The van der Waals surface area contributed by atoms with Crippen LogP contribution in [0.1, 0.15) is 0 Å². The molecule has 0 fully saturated rings. The van der Waals surface area contributed by atoms with Gasteiger partial charge in [0.2, 0.25) is 0 Å². The molecule has 1 aliphatic heterocycles. The number of hydrogen-bond donors (Lipinski definition) is 0. The summed E-state index contributed by atoms with van der Waals surface area (Å²) < 4.78 is 4.64. The molecule has 0 aliphatic carbocycles. The number of nitrogens with zero attached hydrogens (tertiary/aromatic N) is 1. The van der Waals surface area contributed by atoms with Crippen LogP contribution in [0.4, 0.5) is 0 Å². The van der Waals surface area contributed by atoms with Crippen molar-refractivity contribution in [2.75, 3.05) is 6.54 Å². The van der Waals surface area contributed by atoms with Crippen LogP contribution in [0, 0.1) is 0 Å². The predicted molar refractivity (Wildman–Crippen MR) is 24.3 cm³/mol. The zero-order valence-electron chi connectivity index (χ0n) is 3.70. The van der Waals surface area contributed by atoms with Crippen molar-refractivity contribution in [3.63, 3.8) is 0 Å². The van der Waals surface area contributed by atoms with E-state index in [1.54, 1.807) is 0 Å². The maximum absolute atomic E-state index is 9.80. The molecule has 0 saturated heterocycles. The lowest BCUT2D eigenvalue weighted by Gasteiger charge is -1.93. The third-order valence-electron chi connectivity index (χ3n) is 0.747. The van der Waals surface area contributed by atoms with E-state index in [0.29, 0.717) is 6.54 Å². The van der Waals surface area contributed by atoms with Crippen LogP contribution >= 0.6 is 0 Å². The van der Waals surface area contributed by atoms with Gasteiger partial charge in [0, 0.05) is 0 Å². The Bertz CT molecular complexity index is 91.9. The first-order valence-corrected chi connectivity index (χ1v) is 2.02. The third-order valence-corrected chi connectivity index (χ3v) is 0.747. The van der Waals surface area contributed by atoms with Crippen molar-refractivity contribution in [2.24, 2.45) is 4.99 Å². The molecule has 0 saturated carbocycles. The van der Waals surface area contributed by atoms with Crippen molar-refractivity contribution in [3.05, 3.63) is 0 Å². The number of rotatable bonds is 1. The zero-order valence-corrected chi connectivity index (χ0v) is 3.70. The molecule has 0 N–H and O–H groups in total. The predicted octanol–water partition coefficient (Wildman–Crippen LogP) is -0.388. The summed E-state index contributed by atoms with van der Waals surface area (Å²) in [5.41, 5.74) is 0. The van der Waals surface area contributed by atoms with E-state index in [0.717, 1.165) is 6.29 Å². The van der Waals surface area contributed by atoms with Crippen LogP contribution in [0.25, 0.3) is 0 Å². The summed E-state index contributed by atoms with van der Waals surface area (Å²) in [7, 11) is 0. The second kappa shape index (κ2) is 1.73. The second-order valence-electron chi connectivity index (χ2n) is 1.28. The van der Waals surface area contributed by atoms with Gasteiger partial charge in [-0.05, 0) is 0 Å². The van der Waals surface area contributed by atoms with Gasteiger partial charge in [-0.1, -0.05) is 0 Å². The Morgan fingerprint density at radius 1 is 2.00 bits per heavy atom. The molecule has 0 bridgehead atoms. The fraction of sp³-hybridized carbons (Fsp3) is 0.500. The maximum Gasteiger partial charge on any atom is 0.174 e. The van der Waals surface area contributed by atoms with E-state index in [-0.39, 0.29) is 6.10 Å². The average Bonchev–Trinajstić information content (AvgIpc) is 2.14. The summed E-state index contributed by atoms with van der Waals surface area (Å²) in [4.78, 5) is 13.5. The van der Waals surface area contributed by atoms with Crippen LogP contribution in [0.3, 0.4) is 0 Å². The summed E-state index contributed by atoms with van der Waals surface area (Å²) in [5.74, 6) is 0. The molecule has 1 aliphatic rings. The molecule has 3 heteroatoms. The van der Waals surface area contributed by atoms with Gasteiger partial charge in [-0.25, -0.2) is 0 Å². The first-order chi connectivity index (χ1) is 3.43. The van der Waals surface area contributed by atoms with Gasteiger partial charge in [0.1, 0.15) is 0 Å². The molecule has 1 heterocycles. The first-order valence-electron chi connectivity index (χ1n) is 2.02. The minimum absolute atomic E-state index is 0.306. The van der Waals surface area contributed by atoms with Crippen molar-refractivity contribution in [3.8, 4) is 0 Å². The summed E-state index contributed by atoms with van der Waals surface area (Å²) >= 11 is 0. The highest BCUT2D eigenvalue weighted by atomic mass is 16.5. The minimum Gasteiger partial charge on any atom is -0.471 e. The van der Waals surface area contributed by atoms with Crippen LogP contribution in [0.5, 0.6) is 0 Å². The lowest BCUT2D eigenvalue weighted by atomic mass is 10.4. The number of aliphatic imine (C=N–C) groups is 1. The molecular formula is C4H5NO2. The molecule has 0 aromatic carbocycles. The Balaban J connectivity index is 2.35. The monoisotopic (exact) mass is 99.0 g/mol. The topological polar surface area (TPSA) is 38.7 Å². The van der Waals surface area contributed by atoms with Crippen LogP contribution in [-0.2, 0) is 9.53 Å². The molecule has 3 nitrogen and oxygen atoms in total. The second-order valence-corrected chi connectivity index (χ2v) is 1.28. The smallest absolute Gasteiger partial charge is 0.174 e. The van der Waals surface area contributed by atoms with Crippen LogP contribution in [0.15, 0.2) is 4.99 Å². The fourth-order valence-electron chi connectivity index (χ4n) is 0.386. The Hall–Kier alpha value is -0.860. The van der Waals surface area contributed by atoms with Crippen LogP contribution in [0.2, 0.25) is 0 Å². The first kappa shape index (κ1) is 4.30. The van der Waals surface area contributed by atoms with E-state index < -0.39 is 0 Å². The number of carbonyl (C=O) groups is 1. The molecule has 1 rings (SSSR count). The van der Waals surface area contributed by atoms with Gasteiger partial charge in [0.05, 0.1) is 6.54 Å². The largest absolute Gasteiger partial charge is 0.471 e. The van der Waals surface area contributed by atoms with Crippen molar-refractivity contribution >= 4 is 12.7 Å². The van der Waals surface area contributed by atoms with E-state index in [2.05, 4.69) is 9.73 Å². The highest BCUT2D eigenvalue weighted by molar-refractivity contribution is 5.63. The summed E-state index contributed by atoms with van der Waals surface area (Å²) in [5, 5.41) is 0. The van der Waals surface area contributed by atoms with E-state index in [9.17, 15) is 4.79 Å². The summed E-state index contributed by atoms with van der Waals surface area (Å²) in [6.07, 6.45) is 1.74. The van der Waals surface area contributed by atoms with E-state index >= 15 is 0 Å². The molecule has 0 radical (unpaired) electrons. The zero-order chi connectivity index (χ0) is 5.11. The Kier molecular flexibility index (Phi) is 1.06. The van der Waals surface area contributed by atoms with Gasteiger partial charge in [0.15, 0.2) is 18.8 Å². The van der Waals surface area contributed by atoms with Crippen molar-refractivity contribution in [1.82, 2.24) is 0 Å². The molecule has 0 spiro atoms. The Labute approximate surface area is 41.0 Å². The fourth-order valence-corrected chi connectivity index (χ4v) is 0.386. The van der Waals surface area contributed by atoms with Gasteiger partial charge in [0.25, 0.3) is 0 Å². The Morgan fingerprint density at radius 3 is 3.14 bits per heavy atom. The van der Waals surface area contributed by atoms with Gasteiger partial charge < -0.3 is 4.74 Å². The molecule has 1 unspecified atom stereocenters. The van der Waals surface area contributed by atoms with Crippen LogP contribution < -0.4 is 0 Å². The normalized spacial score (nSPS) is 27.1. The number of aldehydes is 1. The number of ether oxygens (including phenoxy) is 1. The molecular weight excluding hydrogens is 94.0 g/mol.